The van der Waals surface area contributed by atoms with Crippen molar-refractivity contribution in [3.8, 4) is 5.69 Å². The number of rotatable bonds is 3. The summed E-state index contributed by atoms with van der Waals surface area (Å²) >= 11 is 0. The summed E-state index contributed by atoms with van der Waals surface area (Å²) in [6.07, 6.45) is 1.75. The van der Waals surface area contributed by atoms with Gasteiger partial charge < -0.3 is 0 Å². The molecule has 0 saturated carbocycles. The molecule has 1 heterocycles. The molecular weight excluding hydrogens is 232 g/mol. The summed E-state index contributed by atoms with van der Waals surface area (Å²) in [6, 6.07) is 16.8. The van der Waals surface area contributed by atoms with E-state index in [1.165, 1.54) is 16.8 Å². The van der Waals surface area contributed by atoms with Crippen LogP contribution in [0.5, 0.6) is 0 Å². The maximum Gasteiger partial charge on any atom is 0.114 e. The summed E-state index contributed by atoms with van der Waals surface area (Å²) in [6.45, 7) is 6.05. The molecule has 0 aliphatic heterocycles. The predicted octanol–water partition coefficient (Wildman–Crippen LogP) is 3.96. The third-order valence-electron chi connectivity index (χ3n) is 3.43. The van der Waals surface area contributed by atoms with Crippen molar-refractivity contribution >= 4 is 11.0 Å². The minimum Gasteiger partial charge on any atom is -0.296 e. The summed E-state index contributed by atoms with van der Waals surface area (Å²) in [5.74, 6) is 1.10. The summed E-state index contributed by atoms with van der Waals surface area (Å²) < 4.78 is 2.24. The number of aryl methyl sites for hydroxylation is 1. The Morgan fingerprint density at radius 2 is 1.79 bits per heavy atom. The zero-order valence-corrected chi connectivity index (χ0v) is 11.1. The van der Waals surface area contributed by atoms with Crippen molar-refractivity contribution in [3.05, 3.63) is 66.8 Å². The first-order chi connectivity index (χ1) is 9.33. The first-order valence-corrected chi connectivity index (χ1v) is 6.68. The molecule has 0 atom stereocenters. The van der Waals surface area contributed by atoms with Crippen LogP contribution in [0.1, 0.15) is 18.3 Å². The summed E-state index contributed by atoms with van der Waals surface area (Å²) in [5, 5.41) is 0. The van der Waals surface area contributed by atoms with E-state index in [4.69, 9.17) is 4.98 Å². The zero-order chi connectivity index (χ0) is 13.2. The molecule has 0 spiro atoms. The molecule has 1 radical (unpaired) electrons. The van der Waals surface area contributed by atoms with Crippen LogP contribution in [0.25, 0.3) is 16.7 Å². The van der Waals surface area contributed by atoms with Gasteiger partial charge in [0, 0.05) is 12.1 Å². The average molecular weight is 249 g/mol. The van der Waals surface area contributed by atoms with Gasteiger partial charge in [-0.25, -0.2) is 4.98 Å². The number of hydrogen-bond acceptors (Lipinski definition) is 1. The molecule has 3 rings (SSSR count). The number of hydrogen-bond donors (Lipinski definition) is 0. The minimum atomic E-state index is 0.825. The lowest BCUT2D eigenvalue weighted by Crippen LogP contribution is -2.00. The molecule has 0 amide bonds. The Hall–Kier alpha value is -2.09. The second kappa shape index (κ2) is 4.88. The van der Waals surface area contributed by atoms with Crippen molar-refractivity contribution in [2.45, 2.75) is 19.8 Å². The standard InChI is InChI=1S/C17H17N2/c1-3-13-9-11-14(12-10-13)19-16-8-6-5-7-15(16)18-17(19)4-2/h5-12H,1,3-4H2,2H3. The van der Waals surface area contributed by atoms with Gasteiger partial charge in [-0.3, -0.25) is 4.57 Å². The summed E-state index contributed by atoms with van der Waals surface area (Å²) in [4.78, 5) is 4.70. The molecule has 0 N–H and O–H groups in total. The first kappa shape index (κ1) is 12.0. The summed E-state index contributed by atoms with van der Waals surface area (Å²) in [5.41, 5.74) is 4.65. The second-order valence-electron chi connectivity index (χ2n) is 4.62. The second-order valence-corrected chi connectivity index (χ2v) is 4.62. The first-order valence-electron chi connectivity index (χ1n) is 6.68. The van der Waals surface area contributed by atoms with Crippen LogP contribution in [0.4, 0.5) is 0 Å². The zero-order valence-electron chi connectivity index (χ0n) is 11.1. The molecule has 95 valence electrons. The lowest BCUT2D eigenvalue weighted by molar-refractivity contribution is 0.907. The molecule has 2 aromatic carbocycles. The lowest BCUT2D eigenvalue weighted by Gasteiger charge is -2.08. The predicted molar refractivity (Wildman–Crippen MR) is 79.5 cm³/mol. The van der Waals surface area contributed by atoms with Gasteiger partial charge in [0.05, 0.1) is 11.0 Å². The van der Waals surface area contributed by atoms with E-state index in [0.29, 0.717) is 0 Å². The highest BCUT2D eigenvalue weighted by molar-refractivity contribution is 5.78. The van der Waals surface area contributed by atoms with E-state index < -0.39 is 0 Å². The highest BCUT2D eigenvalue weighted by Crippen LogP contribution is 2.22. The molecule has 2 heteroatoms. The average Bonchev–Trinajstić information content (AvgIpc) is 2.86. The Kier molecular flexibility index (Phi) is 3.08. The Balaban J connectivity index is 2.21. The minimum absolute atomic E-state index is 0.825. The number of nitrogens with zero attached hydrogens (tertiary/aromatic N) is 2. The van der Waals surface area contributed by atoms with Crippen LogP contribution in [0.3, 0.4) is 0 Å². The maximum absolute atomic E-state index is 4.70. The highest BCUT2D eigenvalue weighted by Gasteiger charge is 2.10. The molecule has 19 heavy (non-hydrogen) atoms. The molecule has 0 bridgehead atoms. The lowest BCUT2D eigenvalue weighted by atomic mass is 10.1. The van der Waals surface area contributed by atoms with E-state index in [9.17, 15) is 0 Å². The van der Waals surface area contributed by atoms with Crippen molar-refractivity contribution < 1.29 is 0 Å². The van der Waals surface area contributed by atoms with Gasteiger partial charge in [-0.15, -0.1) is 0 Å². The van der Waals surface area contributed by atoms with Gasteiger partial charge in [-0.05, 0) is 43.2 Å². The molecular formula is C17H17N2. The molecule has 0 fully saturated rings. The number of benzene rings is 2. The monoisotopic (exact) mass is 249 g/mol. The molecule has 0 saturated heterocycles. The van der Waals surface area contributed by atoms with Crippen LogP contribution in [0, 0.1) is 6.92 Å². The highest BCUT2D eigenvalue weighted by atomic mass is 15.1. The SMILES string of the molecule is [CH2]Cc1ccc(-n2c(CC)nc3ccccc32)cc1. The van der Waals surface area contributed by atoms with Gasteiger partial charge in [0.2, 0.25) is 0 Å². The van der Waals surface area contributed by atoms with E-state index in [2.05, 4.69) is 60.9 Å². The third kappa shape index (κ3) is 2.03. The fraction of sp³-hybridized carbons (Fsp3) is 0.176. The number of aromatic nitrogens is 2. The van der Waals surface area contributed by atoms with Crippen LogP contribution < -0.4 is 0 Å². The van der Waals surface area contributed by atoms with Crippen LogP contribution in [0.2, 0.25) is 0 Å². The third-order valence-corrected chi connectivity index (χ3v) is 3.43. The van der Waals surface area contributed by atoms with Gasteiger partial charge in [0.15, 0.2) is 0 Å². The van der Waals surface area contributed by atoms with Crippen LogP contribution in [-0.2, 0) is 12.8 Å². The normalized spacial score (nSPS) is 11.1. The Morgan fingerprint density at radius 3 is 2.47 bits per heavy atom. The molecule has 2 nitrogen and oxygen atoms in total. The van der Waals surface area contributed by atoms with Crippen molar-refractivity contribution in [2.75, 3.05) is 0 Å². The molecule has 0 aliphatic carbocycles. The quantitative estimate of drug-likeness (QED) is 0.687. The number of imidazole rings is 1. The Bertz CT molecular complexity index is 693. The van der Waals surface area contributed by atoms with Crippen LogP contribution in [-0.4, -0.2) is 9.55 Å². The van der Waals surface area contributed by atoms with Gasteiger partial charge in [0.25, 0.3) is 0 Å². The fourth-order valence-corrected chi connectivity index (χ4v) is 2.41. The van der Waals surface area contributed by atoms with E-state index in [1.54, 1.807) is 0 Å². The molecule has 0 aliphatic rings. The fourth-order valence-electron chi connectivity index (χ4n) is 2.41. The number of fused-ring (bicyclic) bond motifs is 1. The van der Waals surface area contributed by atoms with Gasteiger partial charge in [-0.1, -0.05) is 31.2 Å². The van der Waals surface area contributed by atoms with Gasteiger partial charge >= 0.3 is 0 Å². The van der Waals surface area contributed by atoms with Crippen LogP contribution in [0.15, 0.2) is 48.5 Å². The van der Waals surface area contributed by atoms with E-state index in [0.717, 1.165) is 24.2 Å². The van der Waals surface area contributed by atoms with Crippen LogP contribution >= 0.6 is 0 Å². The Labute approximate surface area is 113 Å². The van der Waals surface area contributed by atoms with Crippen molar-refractivity contribution in [2.24, 2.45) is 0 Å². The summed E-state index contributed by atoms with van der Waals surface area (Å²) in [7, 11) is 0. The largest absolute Gasteiger partial charge is 0.296 e. The van der Waals surface area contributed by atoms with Crippen molar-refractivity contribution in [3.63, 3.8) is 0 Å². The number of para-hydroxylation sites is 2. The molecule has 0 unspecified atom stereocenters. The topological polar surface area (TPSA) is 17.8 Å². The molecule has 3 aromatic rings. The smallest absolute Gasteiger partial charge is 0.114 e. The van der Waals surface area contributed by atoms with E-state index in [-0.39, 0.29) is 0 Å². The van der Waals surface area contributed by atoms with Gasteiger partial charge in [-0.2, -0.15) is 0 Å². The molecule has 1 aromatic heterocycles. The van der Waals surface area contributed by atoms with Crippen molar-refractivity contribution in [1.29, 1.82) is 0 Å². The van der Waals surface area contributed by atoms with Gasteiger partial charge in [0.1, 0.15) is 5.82 Å². The Morgan fingerprint density at radius 1 is 1.05 bits per heavy atom. The van der Waals surface area contributed by atoms with E-state index in [1.807, 2.05) is 6.07 Å². The van der Waals surface area contributed by atoms with Crippen molar-refractivity contribution in [1.82, 2.24) is 9.55 Å². The van der Waals surface area contributed by atoms with E-state index >= 15 is 0 Å². The maximum atomic E-state index is 4.70.